The number of rotatable bonds is 3. The maximum atomic E-state index is 11.6. The van der Waals surface area contributed by atoms with E-state index in [1.54, 1.807) is 22.7 Å². The van der Waals surface area contributed by atoms with E-state index in [0.717, 1.165) is 37.7 Å². The topological polar surface area (TPSA) is 68.3 Å². The maximum absolute atomic E-state index is 11.6. The lowest BCUT2D eigenvalue weighted by molar-refractivity contribution is -0.880. The van der Waals surface area contributed by atoms with E-state index < -0.39 is 0 Å². The van der Waals surface area contributed by atoms with Gasteiger partial charge in [0.25, 0.3) is 0 Å². The number of ketones is 1. The van der Waals surface area contributed by atoms with E-state index in [9.17, 15) is 4.79 Å². The van der Waals surface area contributed by atoms with Gasteiger partial charge >= 0.3 is 0 Å². The molecular weight excluding hydrogens is 292 g/mol. The summed E-state index contributed by atoms with van der Waals surface area (Å²) < 4.78 is 1.72. The van der Waals surface area contributed by atoms with Gasteiger partial charge in [0.15, 0.2) is 11.6 Å². The summed E-state index contributed by atoms with van der Waals surface area (Å²) in [5.74, 6) is 2.37. The van der Waals surface area contributed by atoms with Crippen LogP contribution in [0.2, 0.25) is 0 Å². The fraction of sp³-hybridized carbons (Fsp3) is 0.500. The zero-order valence-corrected chi connectivity index (χ0v) is 14.1. The van der Waals surface area contributed by atoms with Crippen LogP contribution in [0.5, 0.6) is 0 Å². The second-order valence-corrected chi connectivity index (χ2v) is 6.19. The zero-order chi connectivity index (χ0) is 16.6. The summed E-state index contributed by atoms with van der Waals surface area (Å²) in [6.45, 7) is 9.51. The third-order valence-electron chi connectivity index (χ3n) is 4.36. The fourth-order valence-electron chi connectivity index (χ4n) is 2.91. The molecule has 0 radical (unpaired) electrons. The Bertz CT molecular complexity index is 730. The molecule has 2 aromatic heterocycles. The number of carbonyl (C=O) groups is 1. The van der Waals surface area contributed by atoms with E-state index in [1.807, 2.05) is 19.9 Å². The highest BCUT2D eigenvalue weighted by Crippen LogP contribution is 2.18. The van der Waals surface area contributed by atoms with Crippen LogP contribution in [0.3, 0.4) is 0 Å². The van der Waals surface area contributed by atoms with Gasteiger partial charge in [0.1, 0.15) is 11.6 Å². The maximum Gasteiger partial charge on any atom is 0.163 e. The lowest BCUT2D eigenvalue weighted by Gasteiger charge is -2.31. The van der Waals surface area contributed by atoms with E-state index in [1.165, 1.54) is 0 Å². The van der Waals surface area contributed by atoms with Gasteiger partial charge in [-0.2, -0.15) is 5.10 Å². The van der Waals surface area contributed by atoms with Crippen molar-refractivity contribution in [3.05, 3.63) is 29.3 Å². The number of nitrogens with one attached hydrogen (secondary N) is 1. The molecule has 0 atom stereocenters. The summed E-state index contributed by atoms with van der Waals surface area (Å²) in [7, 11) is 2.21. The molecule has 122 valence electrons. The van der Waals surface area contributed by atoms with Crippen LogP contribution in [-0.4, -0.2) is 58.8 Å². The summed E-state index contributed by atoms with van der Waals surface area (Å²) in [6.07, 6.45) is 1.61. The molecule has 0 saturated carbocycles. The first-order valence-corrected chi connectivity index (χ1v) is 7.93. The Balaban J connectivity index is 1.96. The zero-order valence-electron chi connectivity index (χ0n) is 14.1. The molecule has 1 aliphatic heterocycles. The van der Waals surface area contributed by atoms with Crippen LogP contribution in [0, 0.1) is 13.8 Å². The second-order valence-electron chi connectivity index (χ2n) is 6.19. The number of aryl methyl sites for hydroxylation is 1. The van der Waals surface area contributed by atoms with Crippen molar-refractivity contribution < 1.29 is 9.69 Å². The van der Waals surface area contributed by atoms with Crippen molar-refractivity contribution >= 4 is 11.6 Å². The standard InChI is InChI=1S/C16H22N6O/c1-11-14(12(2)23)10-17-22(11)16-9-15(18-13(3)19-16)21-7-5-20(4)6-8-21/h9-10H,5-8H2,1-4H3/p+1. The summed E-state index contributed by atoms with van der Waals surface area (Å²) >= 11 is 0. The number of quaternary nitrogens is 1. The normalized spacial score (nSPS) is 15.9. The summed E-state index contributed by atoms with van der Waals surface area (Å²) in [5.41, 5.74) is 1.44. The van der Waals surface area contributed by atoms with Gasteiger partial charge in [-0.3, -0.25) is 4.79 Å². The van der Waals surface area contributed by atoms with E-state index in [0.29, 0.717) is 17.2 Å². The minimum atomic E-state index is 0.0156. The molecule has 0 aliphatic carbocycles. The van der Waals surface area contributed by atoms with Crippen LogP contribution >= 0.6 is 0 Å². The number of nitrogens with zero attached hydrogens (tertiary/aromatic N) is 5. The minimum Gasteiger partial charge on any atom is -0.345 e. The molecule has 0 unspecified atom stereocenters. The molecule has 1 aliphatic rings. The van der Waals surface area contributed by atoms with Crippen LogP contribution in [-0.2, 0) is 0 Å². The highest BCUT2D eigenvalue weighted by molar-refractivity contribution is 5.95. The Morgan fingerprint density at radius 1 is 1.17 bits per heavy atom. The Labute approximate surface area is 135 Å². The third-order valence-corrected chi connectivity index (χ3v) is 4.36. The molecule has 1 N–H and O–H groups in total. The van der Waals surface area contributed by atoms with Crippen molar-refractivity contribution in [2.24, 2.45) is 0 Å². The van der Waals surface area contributed by atoms with Gasteiger partial charge in [0.05, 0.1) is 50.7 Å². The lowest BCUT2D eigenvalue weighted by atomic mass is 10.2. The minimum absolute atomic E-state index is 0.0156. The van der Waals surface area contributed by atoms with E-state index in [4.69, 9.17) is 0 Å². The average molecular weight is 315 g/mol. The molecule has 2 aromatic rings. The smallest absolute Gasteiger partial charge is 0.163 e. The fourth-order valence-corrected chi connectivity index (χ4v) is 2.91. The quantitative estimate of drug-likeness (QED) is 0.796. The van der Waals surface area contributed by atoms with Crippen LogP contribution in [0.1, 0.15) is 28.8 Å². The van der Waals surface area contributed by atoms with Crippen molar-refractivity contribution in [2.75, 3.05) is 38.1 Å². The monoisotopic (exact) mass is 315 g/mol. The van der Waals surface area contributed by atoms with Gasteiger partial charge in [-0.15, -0.1) is 0 Å². The summed E-state index contributed by atoms with van der Waals surface area (Å²) in [6, 6.07) is 1.96. The molecule has 0 bridgehead atoms. The largest absolute Gasteiger partial charge is 0.345 e. The van der Waals surface area contributed by atoms with E-state index in [2.05, 4.69) is 27.0 Å². The number of piperazine rings is 1. The molecule has 3 heterocycles. The van der Waals surface area contributed by atoms with Crippen molar-refractivity contribution in [1.82, 2.24) is 19.7 Å². The van der Waals surface area contributed by atoms with Crippen LogP contribution in [0.15, 0.2) is 12.3 Å². The Morgan fingerprint density at radius 2 is 1.83 bits per heavy atom. The predicted molar refractivity (Wildman–Crippen MR) is 87.5 cm³/mol. The molecule has 0 amide bonds. The number of Topliss-reactive ketones (excluding diaryl/α,β-unsaturated/α-hetero) is 1. The lowest BCUT2D eigenvalue weighted by Crippen LogP contribution is -3.12. The number of aromatic nitrogens is 4. The van der Waals surface area contributed by atoms with Crippen molar-refractivity contribution in [3.63, 3.8) is 0 Å². The molecule has 3 rings (SSSR count). The Kier molecular flexibility index (Phi) is 4.12. The Morgan fingerprint density at radius 3 is 2.43 bits per heavy atom. The van der Waals surface area contributed by atoms with Crippen molar-refractivity contribution in [1.29, 1.82) is 0 Å². The van der Waals surface area contributed by atoms with E-state index in [-0.39, 0.29) is 5.78 Å². The number of hydrogen-bond donors (Lipinski definition) is 1. The van der Waals surface area contributed by atoms with Crippen LogP contribution < -0.4 is 9.80 Å². The first-order valence-electron chi connectivity index (χ1n) is 7.93. The number of likely N-dealkylation sites (N-methyl/N-ethyl adjacent to an activating group) is 1. The van der Waals surface area contributed by atoms with Gasteiger partial charge in [-0.25, -0.2) is 14.6 Å². The molecule has 1 fully saturated rings. The molecule has 0 spiro atoms. The average Bonchev–Trinajstić information content (AvgIpc) is 2.89. The predicted octanol–water partition coefficient (Wildman–Crippen LogP) is -0.184. The van der Waals surface area contributed by atoms with Gasteiger partial charge < -0.3 is 9.80 Å². The first-order chi connectivity index (χ1) is 11.0. The molecule has 23 heavy (non-hydrogen) atoms. The van der Waals surface area contributed by atoms with Gasteiger partial charge in [0.2, 0.25) is 0 Å². The van der Waals surface area contributed by atoms with Crippen LogP contribution in [0.4, 0.5) is 5.82 Å². The first kappa shape index (κ1) is 15.6. The summed E-state index contributed by atoms with van der Waals surface area (Å²) in [5, 5.41) is 4.33. The van der Waals surface area contributed by atoms with Gasteiger partial charge in [-0.05, 0) is 20.8 Å². The molecule has 7 nitrogen and oxygen atoms in total. The van der Waals surface area contributed by atoms with Gasteiger partial charge in [-0.1, -0.05) is 0 Å². The second kappa shape index (κ2) is 6.08. The van der Waals surface area contributed by atoms with E-state index >= 15 is 0 Å². The highest BCUT2D eigenvalue weighted by Gasteiger charge is 2.20. The summed E-state index contributed by atoms with van der Waals surface area (Å²) in [4.78, 5) is 24.5. The number of anilines is 1. The van der Waals surface area contributed by atoms with Crippen molar-refractivity contribution in [3.8, 4) is 5.82 Å². The molecular formula is C16H23N6O+. The third kappa shape index (κ3) is 3.10. The van der Waals surface area contributed by atoms with Crippen LogP contribution in [0.25, 0.3) is 5.82 Å². The van der Waals surface area contributed by atoms with Gasteiger partial charge in [0, 0.05) is 6.07 Å². The SMILES string of the molecule is CC(=O)c1cnn(-c2cc(N3CC[NH+](C)CC3)nc(C)n2)c1C. The highest BCUT2D eigenvalue weighted by atomic mass is 16.1. The Hall–Kier alpha value is -2.28. The number of carbonyl (C=O) groups excluding carboxylic acids is 1. The van der Waals surface area contributed by atoms with Crippen molar-refractivity contribution in [2.45, 2.75) is 20.8 Å². The molecule has 1 saturated heterocycles. The number of hydrogen-bond acceptors (Lipinski definition) is 5. The molecule has 7 heteroatoms. The molecule has 0 aromatic carbocycles.